The first-order valence-corrected chi connectivity index (χ1v) is 12.6. The van der Waals surface area contributed by atoms with E-state index in [4.69, 9.17) is 0 Å². The molecule has 0 spiro atoms. The molecule has 32 heavy (non-hydrogen) atoms. The summed E-state index contributed by atoms with van der Waals surface area (Å²) in [6, 6.07) is 23.3. The number of nitrogens with one attached hydrogen (secondary N) is 1. The van der Waals surface area contributed by atoms with Gasteiger partial charge < -0.3 is 10.4 Å². The molecular formula is C29H38NOP. The molecule has 0 amide bonds. The van der Waals surface area contributed by atoms with E-state index in [2.05, 4.69) is 95.4 Å². The molecule has 2 nitrogen and oxygen atoms in total. The van der Waals surface area contributed by atoms with Crippen LogP contribution in [0.25, 0.3) is 11.1 Å². The smallest absolute Gasteiger partial charge is 0.119 e. The summed E-state index contributed by atoms with van der Waals surface area (Å²) >= 11 is 0. The van der Waals surface area contributed by atoms with Crippen LogP contribution >= 0.6 is 8.58 Å². The Morgan fingerprint density at radius 2 is 1.59 bits per heavy atom. The lowest BCUT2D eigenvalue weighted by atomic mass is 9.91. The third-order valence-corrected chi connectivity index (χ3v) is 7.76. The lowest BCUT2D eigenvalue weighted by Crippen LogP contribution is -2.36. The molecular weight excluding hydrogens is 409 g/mol. The number of aromatic hydroxyl groups is 1. The first-order chi connectivity index (χ1) is 15.1. The normalized spacial score (nSPS) is 14.1. The maximum absolute atomic E-state index is 10.9. The maximum Gasteiger partial charge on any atom is 0.119 e. The molecule has 0 aliphatic carbocycles. The molecule has 2 unspecified atom stereocenters. The predicted octanol–water partition coefficient (Wildman–Crippen LogP) is 7.28. The summed E-state index contributed by atoms with van der Waals surface area (Å²) in [6.45, 7) is 14.2. The predicted molar refractivity (Wildman–Crippen MR) is 142 cm³/mol. The topological polar surface area (TPSA) is 32.3 Å². The Balaban J connectivity index is 2.01. The fourth-order valence-corrected chi connectivity index (χ4v) is 5.99. The minimum absolute atomic E-state index is 0.0686. The van der Waals surface area contributed by atoms with Crippen LogP contribution in [-0.4, -0.2) is 10.6 Å². The number of aryl methyl sites for hydroxylation is 1. The summed E-state index contributed by atoms with van der Waals surface area (Å²) in [6.07, 6.45) is 2.09. The van der Waals surface area contributed by atoms with Crippen LogP contribution in [-0.2, 0) is 11.7 Å². The fraction of sp³-hybridized carbons (Fsp3) is 0.379. The summed E-state index contributed by atoms with van der Waals surface area (Å²) < 4.78 is 0. The highest BCUT2D eigenvalue weighted by molar-refractivity contribution is 7.48. The molecule has 0 aliphatic heterocycles. The van der Waals surface area contributed by atoms with E-state index in [0.717, 1.165) is 30.5 Å². The van der Waals surface area contributed by atoms with Gasteiger partial charge in [0, 0.05) is 22.8 Å². The summed E-state index contributed by atoms with van der Waals surface area (Å²) in [7, 11) is 0.572. The molecule has 0 radical (unpaired) electrons. The monoisotopic (exact) mass is 447 g/mol. The first-order valence-electron chi connectivity index (χ1n) is 11.6. The zero-order chi connectivity index (χ0) is 23.4. The third-order valence-electron chi connectivity index (χ3n) is 5.93. The van der Waals surface area contributed by atoms with Crippen LogP contribution in [0.2, 0.25) is 0 Å². The molecule has 3 aromatic carbocycles. The van der Waals surface area contributed by atoms with Crippen LogP contribution < -0.4 is 10.6 Å². The van der Waals surface area contributed by atoms with E-state index in [0.29, 0.717) is 14.3 Å². The second-order valence-electron chi connectivity index (χ2n) is 10.1. The molecule has 0 aromatic heterocycles. The Labute approximate surface area is 196 Å². The number of benzene rings is 3. The van der Waals surface area contributed by atoms with Gasteiger partial charge in [-0.25, -0.2) is 0 Å². The number of hydrogen-bond donors (Lipinski definition) is 2. The van der Waals surface area contributed by atoms with Crippen LogP contribution in [0.5, 0.6) is 5.75 Å². The van der Waals surface area contributed by atoms with Gasteiger partial charge in [-0.3, -0.25) is 0 Å². The van der Waals surface area contributed by atoms with E-state index >= 15 is 0 Å². The molecule has 0 bridgehead atoms. The summed E-state index contributed by atoms with van der Waals surface area (Å²) in [5, 5.41) is 15.9. The third kappa shape index (κ3) is 6.21. The highest BCUT2D eigenvalue weighted by Gasteiger charge is 2.30. The van der Waals surface area contributed by atoms with Crippen molar-refractivity contribution in [3.63, 3.8) is 0 Å². The molecule has 0 saturated heterocycles. The molecule has 3 rings (SSSR count). The van der Waals surface area contributed by atoms with Gasteiger partial charge in [0.1, 0.15) is 5.75 Å². The van der Waals surface area contributed by atoms with Gasteiger partial charge in [0.2, 0.25) is 0 Å². The van der Waals surface area contributed by atoms with Gasteiger partial charge >= 0.3 is 0 Å². The minimum Gasteiger partial charge on any atom is -0.508 e. The second kappa shape index (κ2) is 10.2. The Bertz CT molecular complexity index is 1040. The van der Waals surface area contributed by atoms with Gasteiger partial charge in [0.15, 0.2) is 0 Å². The average molecular weight is 448 g/mol. The molecule has 0 aliphatic rings. The molecule has 2 atom stereocenters. The molecule has 0 fully saturated rings. The van der Waals surface area contributed by atoms with Crippen molar-refractivity contribution in [2.75, 3.05) is 0 Å². The molecule has 3 aromatic rings. The van der Waals surface area contributed by atoms with E-state index in [-0.39, 0.29) is 10.7 Å². The summed E-state index contributed by atoms with van der Waals surface area (Å²) in [5.74, 6) is 0.398. The van der Waals surface area contributed by atoms with Crippen molar-refractivity contribution in [3.05, 3.63) is 83.4 Å². The van der Waals surface area contributed by atoms with Gasteiger partial charge in [-0.05, 0) is 68.2 Å². The zero-order valence-corrected chi connectivity index (χ0v) is 21.4. The minimum atomic E-state index is -0.130. The Kier molecular flexibility index (Phi) is 7.80. The van der Waals surface area contributed by atoms with Crippen molar-refractivity contribution in [3.8, 4) is 16.9 Å². The Hall–Kier alpha value is -2.15. The standard InChI is InChI=1S/C29H38NOP/c1-7-17-29(6,25-19-23(14-15-26(25)31)22-11-9-8-10-12-22)32-27-16-13-21(2)18-24(27)20-30-28(3,4)5/h8-16,18-19,30-32H,7,17,20H2,1-6H3. The van der Waals surface area contributed by atoms with Crippen LogP contribution in [0.4, 0.5) is 0 Å². The number of rotatable bonds is 8. The van der Waals surface area contributed by atoms with E-state index in [1.165, 1.54) is 22.0 Å². The summed E-state index contributed by atoms with van der Waals surface area (Å²) in [4.78, 5) is 0. The molecule has 3 heteroatoms. The van der Waals surface area contributed by atoms with Gasteiger partial charge in [-0.2, -0.15) is 0 Å². The Morgan fingerprint density at radius 3 is 2.25 bits per heavy atom. The van der Waals surface area contributed by atoms with Gasteiger partial charge in [0.25, 0.3) is 0 Å². The lowest BCUT2D eigenvalue weighted by molar-refractivity contribution is 0.425. The molecule has 0 saturated carbocycles. The van der Waals surface area contributed by atoms with Crippen molar-refractivity contribution in [2.24, 2.45) is 0 Å². The highest BCUT2D eigenvalue weighted by Crippen LogP contribution is 2.49. The largest absolute Gasteiger partial charge is 0.508 e. The van der Waals surface area contributed by atoms with Crippen LogP contribution in [0.3, 0.4) is 0 Å². The summed E-state index contributed by atoms with van der Waals surface area (Å²) in [5.41, 5.74) is 6.11. The molecule has 0 heterocycles. The van der Waals surface area contributed by atoms with Crippen molar-refractivity contribution >= 4 is 13.9 Å². The average Bonchev–Trinajstić information content (AvgIpc) is 2.74. The van der Waals surface area contributed by atoms with Gasteiger partial charge in [0.05, 0.1) is 0 Å². The Morgan fingerprint density at radius 1 is 0.875 bits per heavy atom. The fourth-order valence-electron chi connectivity index (χ4n) is 4.20. The number of phenolic OH excluding ortho intramolecular Hbond substituents is 1. The van der Waals surface area contributed by atoms with Crippen molar-refractivity contribution < 1.29 is 5.11 Å². The first kappa shape index (κ1) is 24.5. The van der Waals surface area contributed by atoms with Crippen molar-refractivity contribution in [2.45, 2.75) is 71.6 Å². The van der Waals surface area contributed by atoms with E-state index in [1.54, 1.807) is 0 Å². The van der Waals surface area contributed by atoms with Crippen LogP contribution in [0.1, 0.15) is 64.2 Å². The SMILES string of the molecule is CCCC(C)(Pc1ccc(C)cc1CNC(C)(C)C)c1cc(-c2ccccc2)ccc1O. The van der Waals surface area contributed by atoms with E-state index < -0.39 is 0 Å². The van der Waals surface area contributed by atoms with E-state index in [9.17, 15) is 5.11 Å². The lowest BCUT2D eigenvalue weighted by Gasteiger charge is -2.32. The maximum atomic E-state index is 10.9. The van der Waals surface area contributed by atoms with Crippen molar-refractivity contribution in [1.82, 2.24) is 5.32 Å². The molecule has 2 N–H and O–H groups in total. The highest BCUT2D eigenvalue weighted by atomic mass is 31.1. The van der Waals surface area contributed by atoms with Gasteiger partial charge in [-0.1, -0.05) is 89.0 Å². The number of hydrogen-bond acceptors (Lipinski definition) is 2. The quantitative estimate of drug-likeness (QED) is 0.356. The zero-order valence-electron chi connectivity index (χ0n) is 20.4. The second-order valence-corrected chi connectivity index (χ2v) is 12.0. The number of phenols is 1. The molecule has 170 valence electrons. The van der Waals surface area contributed by atoms with Crippen molar-refractivity contribution in [1.29, 1.82) is 0 Å². The van der Waals surface area contributed by atoms with Crippen LogP contribution in [0, 0.1) is 6.92 Å². The van der Waals surface area contributed by atoms with Crippen LogP contribution in [0.15, 0.2) is 66.7 Å². The van der Waals surface area contributed by atoms with E-state index in [1.807, 2.05) is 18.2 Å². The van der Waals surface area contributed by atoms with Gasteiger partial charge in [-0.15, -0.1) is 0 Å².